The Balaban J connectivity index is 0.000000509. The fourth-order valence-electron chi connectivity index (χ4n) is 5.00. The number of likely N-dealkylation sites (N-methyl/N-ethyl adjacent to an activating group) is 1. The second kappa shape index (κ2) is 24.8. The molecule has 3 N–H and O–H groups in total. The Morgan fingerprint density at radius 2 is 1.65 bits per heavy atom. The van der Waals surface area contributed by atoms with Gasteiger partial charge < -0.3 is 34.5 Å². The summed E-state index contributed by atoms with van der Waals surface area (Å²) in [7, 11) is 1.83. The van der Waals surface area contributed by atoms with Crippen LogP contribution in [-0.2, 0) is 19.1 Å². The van der Waals surface area contributed by atoms with E-state index in [2.05, 4.69) is 29.8 Å². The maximum atomic E-state index is 12.6. The van der Waals surface area contributed by atoms with Gasteiger partial charge >= 0.3 is 6.03 Å². The van der Waals surface area contributed by atoms with E-state index in [1.807, 2.05) is 72.0 Å². The number of aryl methyl sites for hydroxylation is 1. The summed E-state index contributed by atoms with van der Waals surface area (Å²) in [6, 6.07) is 14.7. The largest absolute Gasteiger partial charge is 0.494 e. The van der Waals surface area contributed by atoms with Crippen LogP contribution in [0.25, 0.3) is 0 Å². The number of carbonyl (C=O) groups excluding carboxylic acids is 5. The van der Waals surface area contributed by atoms with Gasteiger partial charge in [0, 0.05) is 12.6 Å². The Hall–Kier alpha value is -4.29. The van der Waals surface area contributed by atoms with Gasteiger partial charge in [0.1, 0.15) is 23.4 Å². The second-order valence-electron chi connectivity index (χ2n) is 12.7. The fourth-order valence-corrected chi connectivity index (χ4v) is 5.00. The molecule has 12 heteroatoms. The van der Waals surface area contributed by atoms with Crippen LogP contribution in [0.15, 0.2) is 48.5 Å². The van der Waals surface area contributed by atoms with Gasteiger partial charge in [-0.05, 0) is 90.1 Å². The predicted octanol–water partition coefficient (Wildman–Crippen LogP) is 5.50. The molecule has 0 aromatic heterocycles. The lowest BCUT2D eigenvalue weighted by molar-refractivity contribution is -0.125. The van der Waals surface area contributed by atoms with Crippen molar-refractivity contribution in [1.29, 1.82) is 0 Å². The predicted molar refractivity (Wildman–Crippen MR) is 199 cm³/mol. The monoisotopic (exact) mass is 712 g/mol. The van der Waals surface area contributed by atoms with E-state index in [0.29, 0.717) is 56.3 Å². The van der Waals surface area contributed by atoms with E-state index in [1.54, 1.807) is 23.1 Å². The second-order valence-corrected chi connectivity index (χ2v) is 12.7. The first kappa shape index (κ1) is 44.7. The summed E-state index contributed by atoms with van der Waals surface area (Å²) in [6.07, 6.45) is 5.56. The molecule has 2 fully saturated rings. The highest BCUT2D eigenvalue weighted by atomic mass is 16.6. The number of urea groups is 1. The van der Waals surface area contributed by atoms with Crippen molar-refractivity contribution in [3.63, 3.8) is 0 Å². The van der Waals surface area contributed by atoms with E-state index in [0.717, 1.165) is 37.9 Å². The molecule has 284 valence electrons. The number of nitrogens with zero attached hydrogens (tertiary/aromatic N) is 1. The first-order valence-electron chi connectivity index (χ1n) is 17.9. The lowest BCUT2D eigenvalue weighted by Gasteiger charge is -2.21. The van der Waals surface area contributed by atoms with Crippen LogP contribution in [0.3, 0.4) is 0 Å². The van der Waals surface area contributed by atoms with Crippen molar-refractivity contribution in [2.75, 3.05) is 40.0 Å². The molecule has 2 aromatic rings. The molecule has 3 unspecified atom stereocenters. The molecule has 0 aliphatic carbocycles. The van der Waals surface area contributed by atoms with Crippen molar-refractivity contribution >= 4 is 30.4 Å². The van der Waals surface area contributed by atoms with Crippen LogP contribution in [-0.4, -0.2) is 93.0 Å². The molecule has 12 nitrogen and oxygen atoms in total. The first-order valence-corrected chi connectivity index (χ1v) is 17.9. The number of rotatable bonds is 16. The van der Waals surface area contributed by atoms with Gasteiger partial charge in [-0.25, -0.2) is 4.79 Å². The SMILES string of the molecule is CC.CNC(CC(C)C)C(=O)C1(C)CO1.Cc1ccc(OCCCCOc2ccccc2C(=O)NC(=O)N2CCCC2C)cc1.O=CCNC=O. The fraction of sp³-hybridized carbons (Fsp3) is 0.564. The highest BCUT2D eigenvalue weighted by Crippen LogP contribution is 2.29. The van der Waals surface area contributed by atoms with Crippen molar-refractivity contribution in [2.45, 2.75) is 98.3 Å². The van der Waals surface area contributed by atoms with Crippen molar-refractivity contribution in [3.05, 3.63) is 59.7 Å². The quantitative estimate of drug-likeness (QED) is 0.116. The molecule has 51 heavy (non-hydrogen) atoms. The van der Waals surface area contributed by atoms with Gasteiger partial charge in [0.05, 0.1) is 38.0 Å². The number of para-hydroxylation sites is 1. The topological polar surface area (TPSA) is 156 Å². The zero-order valence-electron chi connectivity index (χ0n) is 31.8. The average Bonchev–Trinajstić information content (AvgIpc) is 3.74. The number of epoxide rings is 1. The molecule has 0 spiro atoms. The van der Waals surface area contributed by atoms with E-state index in [-0.39, 0.29) is 30.4 Å². The molecule has 2 aliphatic heterocycles. The standard InChI is InChI=1S/C24H30N2O4.C10H19NO2.C3H5NO2.C2H6/c1-18-11-13-20(14-12-18)29-16-5-6-17-30-22-10-4-3-9-21(22)23(27)25-24(28)26-15-7-8-19(26)2;1-7(2)5-8(11-4)9(12)10(3)6-13-10;5-2-1-4-3-6;1-2/h3-4,9-14,19H,5-8,15-17H2,1-2H3,(H,25,27,28);7-8,11H,5-6H2,1-4H3;2-3H,1H2,(H,4,6);1-2H3. The van der Waals surface area contributed by atoms with Crippen LogP contribution in [0, 0.1) is 12.8 Å². The van der Waals surface area contributed by atoms with Crippen LogP contribution in [0.1, 0.15) is 89.6 Å². The van der Waals surface area contributed by atoms with Crippen LogP contribution in [0.5, 0.6) is 11.5 Å². The molecular formula is C39H60N4O8. The molecule has 2 heterocycles. The van der Waals surface area contributed by atoms with Crippen LogP contribution in [0.2, 0.25) is 0 Å². The van der Waals surface area contributed by atoms with E-state index >= 15 is 0 Å². The molecule has 2 aromatic carbocycles. The molecule has 0 bridgehead atoms. The maximum absolute atomic E-state index is 12.6. The number of carbonyl (C=O) groups is 5. The third-order valence-electron chi connectivity index (χ3n) is 8.01. The highest BCUT2D eigenvalue weighted by molar-refractivity contribution is 6.05. The van der Waals surface area contributed by atoms with Crippen LogP contribution < -0.4 is 25.4 Å². The van der Waals surface area contributed by atoms with Gasteiger partial charge in [-0.3, -0.25) is 19.7 Å². The number of unbranched alkanes of at least 4 members (excludes halogenated alkanes) is 1. The number of hydrogen-bond donors (Lipinski definition) is 3. The number of benzene rings is 2. The van der Waals surface area contributed by atoms with E-state index in [4.69, 9.17) is 14.2 Å². The Kier molecular flexibility index (Phi) is 21.7. The van der Waals surface area contributed by atoms with Gasteiger partial charge in [-0.15, -0.1) is 0 Å². The Morgan fingerprint density at radius 3 is 2.16 bits per heavy atom. The van der Waals surface area contributed by atoms with E-state index < -0.39 is 11.5 Å². The number of aldehydes is 1. The number of imide groups is 1. The summed E-state index contributed by atoms with van der Waals surface area (Å²) in [6.45, 7) is 16.6. The maximum Gasteiger partial charge on any atom is 0.324 e. The number of likely N-dealkylation sites (tertiary alicyclic amines) is 1. The van der Waals surface area contributed by atoms with Crippen molar-refractivity contribution in [1.82, 2.24) is 20.9 Å². The summed E-state index contributed by atoms with van der Waals surface area (Å²) in [5.74, 6) is 1.64. The van der Waals surface area contributed by atoms with Crippen molar-refractivity contribution in [3.8, 4) is 11.5 Å². The molecule has 4 rings (SSSR count). The van der Waals surface area contributed by atoms with E-state index in [9.17, 15) is 24.0 Å². The van der Waals surface area contributed by atoms with Gasteiger partial charge in [0.15, 0.2) is 5.78 Å². The number of nitrogens with one attached hydrogen (secondary N) is 3. The molecule has 2 saturated heterocycles. The molecule has 4 amide bonds. The summed E-state index contributed by atoms with van der Waals surface area (Å²) >= 11 is 0. The Bertz CT molecular complexity index is 1320. The first-order chi connectivity index (χ1) is 24.4. The molecule has 2 aliphatic rings. The van der Waals surface area contributed by atoms with Gasteiger partial charge in [-0.1, -0.05) is 57.5 Å². The molecule has 0 saturated carbocycles. The summed E-state index contributed by atoms with van der Waals surface area (Å²) < 4.78 is 16.7. The van der Waals surface area contributed by atoms with Gasteiger partial charge in [-0.2, -0.15) is 0 Å². The lowest BCUT2D eigenvalue weighted by Crippen LogP contribution is -2.44. The normalized spacial score (nSPS) is 17.5. The Labute approximate surface area is 304 Å². The summed E-state index contributed by atoms with van der Waals surface area (Å²) in [4.78, 5) is 57.1. The number of ether oxygens (including phenoxy) is 3. The minimum Gasteiger partial charge on any atom is -0.494 e. The minimum atomic E-state index is -0.484. The van der Waals surface area contributed by atoms with E-state index in [1.165, 1.54) is 5.56 Å². The van der Waals surface area contributed by atoms with Crippen LogP contribution in [0.4, 0.5) is 4.79 Å². The molecular weight excluding hydrogens is 652 g/mol. The number of hydrogen-bond acceptors (Lipinski definition) is 9. The summed E-state index contributed by atoms with van der Waals surface area (Å²) in [5, 5.41) is 7.69. The zero-order chi connectivity index (χ0) is 38.2. The highest BCUT2D eigenvalue weighted by Gasteiger charge is 2.49. The van der Waals surface area contributed by atoms with Crippen molar-refractivity contribution < 1.29 is 38.2 Å². The minimum absolute atomic E-state index is 0.0486. The molecule has 3 atom stereocenters. The average molecular weight is 713 g/mol. The smallest absolute Gasteiger partial charge is 0.324 e. The lowest BCUT2D eigenvalue weighted by atomic mass is 9.94. The van der Waals surface area contributed by atoms with Crippen molar-refractivity contribution in [2.24, 2.45) is 5.92 Å². The van der Waals surface area contributed by atoms with Crippen LogP contribution >= 0.6 is 0 Å². The number of Topliss-reactive ketones (excluding diaryl/α,β-unsaturated/α-hetero) is 1. The number of ketones is 1. The number of amides is 4. The molecule has 0 radical (unpaired) electrons. The third kappa shape index (κ3) is 17.0. The third-order valence-corrected chi connectivity index (χ3v) is 8.01. The van der Waals surface area contributed by atoms with Gasteiger partial charge in [0.2, 0.25) is 6.41 Å². The van der Waals surface area contributed by atoms with Gasteiger partial charge in [0.25, 0.3) is 5.91 Å². The zero-order valence-corrected chi connectivity index (χ0v) is 31.8. The Morgan fingerprint density at radius 1 is 1.02 bits per heavy atom. The summed E-state index contributed by atoms with van der Waals surface area (Å²) in [5.41, 5.74) is 1.09.